The van der Waals surface area contributed by atoms with Gasteiger partial charge in [-0.15, -0.1) is 0 Å². The number of benzene rings is 2. The van der Waals surface area contributed by atoms with E-state index in [1.807, 2.05) is 14.1 Å². The molecule has 2 aromatic rings. The average molecular weight is 1020 g/mol. The van der Waals surface area contributed by atoms with E-state index in [0.29, 0.717) is 96.7 Å². The summed E-state index contributed by atoms with van der Waals surface area (Å²) in [6, 6.07) is 6.47. The molecule has 2 aliphatic heterocycles. The van der Waals surface area contributed by atoms with Gasteiger partial charge in [0, 0.05) is 72.0 Å². The maximum absolute atomic E-state index is 13.7. The van der Waals surface area contributed by atoms with Gasteiger partial charge in [-0.1, -0.05) is 51.4 Å². The molecule has 8 rings (SSSR count). The molecule has 0 unspecified atom stereocenters. The molecule has 68 heavy (non-hydrogen) atoms. The molecule has 6 aliphatic rings. The molecule has 0 atom stereocenters. The SMILES string of the molecule is CN(CCCNC(=O)CC1CCCC1)CCCN1C(=O)c2ccc3c4c(ccc(c24)C1=O)C(=O)N(CCCN(C)CCCNC(=O)CC1CCCC1)C3=O.[CH-]1CCCC1.[CH-]1CCCC1.[CH3-].[CH3-].[Fe+2].[Fe+2]. The summed E-state index contributed by atoms with van der Waals surface area (Å²) in [7, 11) is 3.99. The van der Waals surface area contributed by atoms with E-state index < -0.39 is 23.6 Å². The van der Waals surface area contributed by atoms with Gasteiger partial charge in [0.25, 0.3) is 23.6 Å². The number of nitrogens with one attached hydrogen (secondary N) is 2. The zero-order valence-corrected chi connectivity index (χ0v) is 44.0. The smallest absolute Gasteiger partial charge is 0.358 e. The Morgan fingerprint density at radius 1 is 0.515 bits per heavy atom. The maximum atomic E-state index is 13.7. The van der Waals surface area contributed by atoms with Crippen LogP contribution in [0.5, 0.6) is 0 Å². The Kier molecular flexibility index (Phi) is 28.7. The van der Waals surface area contributed by atoms with Crippen LogP contribution in [0, 0.1) is 39.5 Å². The maximum Gasteiger partial charge on any atom is 2.00 e. The van der Waals surface area contributed by atoms with Gasteiger partial charge in [0.05, 0.1) is 0 Å². The third kappa shape index (κ3) is 17.6. The van der Waals surface area contributed by atoms with Crippen LogP contribution in [-0.2, 0) is 43.7 Å². The van der Waals surface area contributed by atoms with Crippen LogP contribution < -0.4 is 10.6 Å². The minimum absolute atomic E-state index is 0. The predicted molar refractivity (Wildman–Crippen MR) is 266 cm³/mol. The molecule has 4 saturated carbocycles. The van der Waals surface area contributed by atoms with E-state index in [-0.39, 0.29) is 73.9 Å². The number of imide groups is 2. The fourth-order valence-corrected chi connectivity index (χ4v) is 10.3. The third-order valence-corrected chi connectivity index (χ3v) is 14.0. The fraction of sp³-hybridized carbons (Fsp3) is 0.630. The van der Waals surface area contributed by atoms with Crippen LogP contribution >= 0.6 is 0 Å². The quantitative estimate of drug-likeness (QED) is 0.0580. The molecular weight excluding hydrogens is 940 g/mol. The Morgan fingerprint density at radius 3 is 1.09 bits per heavy atom. The van der Waals surface area contributed by atoms with Crippen LogP contribution in [0.25, 0.3) is 10.8 Å². The van der Waals surface area contributed by atoms with E-state index in [2.05, 4.69) is 33.3 Å². The van der Waals surface area contributed by atoms with Crippen molar-refractivity contribution in [3.05, 3.63) is 74.2 Å². The number of nitrogens with zero attached hydrogens (tertiary/aromatic N) is 4. The largest absolute Gasteiger partial charge is 2.00 e. The molecule has 6 amide bonds. The number of hydrogen-bond acceptors (Lipinski definition) is 8. The summed E-state index contributed by atoms with van der Waals surface area (Å²) in [5.41, 5.74) is 1.32. The number of carbonyl (C=O) groups is 6. The van der Waals surface area contributed by atoms with Crippen LogP contribution in [0.2, 0.25) is 0 Å². The van der Waals surface area contributed by atoms with Crippen molar-refractivity contribution in [1.29, 1.82) is 0 Å². The minimum atomic E-state index is -0.414. The standard InChI is InChI=1S/C42H58N6O6.2C5H9.2CH3.2Fe/c1-45(21-7-19-43-35(49)27-29-11-3-4-12-29)23-9-25-47-39(51)31-15-17-33-38-34(18-16-32(37(31)38)40(47)52)42(54)48(41(33)53)26-10-24-46(2)22-8-20-44-36(50)28-30-13-5-6-14-30;2*1-2-4-5-3-1;;;;/h15-18,29-30H,3-14,19-28H2,1-2H3,(H,43,49)(H,44,50);2*1H,2-5H2;2*1H3;;/q;4*-1;2*+2. The van der Waals surface area contributed by atoms with E-state index in [4.69, 9.17) is 0 Å². The molecule has 2 aromatic carbocycles. The van der Waals surface area contributed by atoms with Crippen molar-refractivity contribution in [3.8, 4) is 0 Å². The molecular formula is C54H82Fe2N6O6. The summed E-state index contributed by atoms with van der Waals surface area (Å²) in [6.45, 7) is 4.70. The van der Waals surface area contributed by atoms with E-state index in [1.165, 1.54) is 86.8 Å². The van der Waals surface area contributed by atoms with Gasteiger partial charge < -0.3 is 48.1 Å². The second-order valence-corrected chi connectivity index (χ2v) is 19.2. The second kappa shape index (κ2) is 32.0. The van der Waals surface area contributed by atoms with Crippen LogP contribution in [0.1, 0.15) is 183 Å². The van der Waals surface area contributed by atoms with Crippen molar-refractivity contribution >= 4 is 46.2 Å². The van der Waals surface area contributed by atoms with E-state index in [0.717, 1.165) is 51.6 Å². The average Bonchev–Trinajstić information content (AvgIpc) is 4.16. The second-order valence-electron chi connectivity index (χ2n) is 19.2. The first-order valence-electron chi connectivity index (χ1n) is 25.0. The first-order chi connectivity index (χ1) is 31.1. The van der Waals surface area contributed by atoms with Gasteiger partial charge in [-0.25, -0.2) is 0 Å². The molecule has 14 heteroatoms. The Balaban J connectivity index is 0.00000101. The molecule has 12 nitrogen and oxygen atoms in total. The Labute approximate surface area is 430 Å². The Morgan fingerprint density at radius 2 is 0.809 bits per heavy atom. The first kappa shape index (κ1) is 61.0. The van der Waals surface area contributed by atoms with Gasteiger partial charge in [-0.05, 0) is 128 Å². The molecule has 0 bridgehead atoms. The fourth-order valence-electron chi connectivity index (χ4n) is 10.3. The molecule has 0 aromatic heterocycles. The van der Waals surface area contributed by atoms with Crippen LogP contribution in [0.3, 0.4) is 0 Å². The molecule has 0 radical (unpaired) electrons. The molecule has 0 saturated heterocycles. The van der Waals surface area contributed by atoms with Crippen molar-refractivity contribution in [2.24, 2.45) is 11.8 Å². The molecule has 2 heterocycles. The van der Waals surface area contributed by atoms with Crippen molar-refractivity contribution < 1.29 is 62.9 Å². The molecule has 2 N–H and O–H groups in total. The summed E-state index contributed by atoms with van der Waals surface area (Å²) in [5, 5.41) is 6.85. The Hall–Kier alpha value is -3.12. The summed E-state index contributed by atoms with van der Waals surface area (Å²) in [6.07, 6.45) is 29.6. The van der Waals surface area contributed by atoms with Gasteiger partial charge in [-0.3, -0.25) is 38.6 Å². The van der Waals surface area contributed by atoms with E-state index in [9.17, 15) is 28.8 Å². The van der Waals surface area contributed by atoms with Crippen molar-refractivity contribution in [2.75, 3.05) is 66.5 Å². The van der Waals surface area contributed by atoms with E-state index in [1.54, 1.807) is 24.3 Å². The summed E-state index contributed by atoms with van der Waals surface area (Å²) in [4.78, 5) is 86.0. The van der Waals surface area contributed by atoms with Crippen molar-refractivity contribution in [1.82, 2.24) is 30.2 Å². The van der Waals surface area contributed by atoms with E-state index >= 15 is 0 Å². The number of carbonyl (C=O) groups excluding carboxylic acids is 6. The number of hydrogen-bond donors (Lipinski definition) is 2. The monoisotopic (exact) mass is 1020 g/mol. The zero-order valence-electron chi connectivity index (χ0n) is 41.8. The summed E-state index contributed by atoms with van der Waals surface area (Å²) < 4.78 is 0. The zero-order chi connectivity index (χ0) is 45.3. The third-order valence-electron chi connectivity index (χ3n) is 14.0. The van der Waals surface area contributed by atoms with Gasteiger partial charge in [-0.2, -0.15) is 25.7 Å². The van der Waals surface area contributed by atoms with Crippen molar-refractivity contribution in [2.45, 2.75) is 141 Å². The summed E-state index contributed by atoms with van der Waals surface area (Å²) in [5.74, 6) is -0.318. The number of amides is 6. The van der Waals surface area contributed by atoms with Crippen LogP contribution in [-0.4, -0.2) is 121 Å². The summed E-state index contributed by atoms with van der Waals surface area (Å²) >= 11 is 0. The van der Waals surface area contributed by atoms with Gasteiger partial charge in [0.1, 0.15) is 0 Å². The molecule has 4 fully saturated rings. The molecule has 4 aliphatic carbocycles. The van der Waals surface area contributed by atoms with Gasteiger partial charge in [0.2, 0.25) is 11.8 Å². The van der Waals surface area contributed by atoms with Crippen LogP contribution in [0.4, 0.5) is 0 Å². The number of rotatable bonds is 20. The van der Waals surface area contributed by atoms with Crippen LogP contribution in [0.15, 0.2) is 24.3 Å². The first-order valence-corrected chi connectivity index (χ1v) is 25.0. The topological polar surface area (TPSA) is 139 Å². The van der Waals surface area contributed by atoms with Gasteiger partial charge in [0.15, 0.2) is 0 Å². The molecule has 380 valence electrons. The predicted octanol–water partition coefficient (Wildman–Crippen LogP) is 9.27. The molecule has 0 spiro atoms. The Bertz CT molecular complexity index is 1690. The normalized spacial score (nSPS) is 17.5. The minimum Gasteiger partial charge on any atom is -0.358 e. The van der Waals surface area contributed by atoms with Gasteiger partial charge >= 0.3 is 34.1 Å². The van der Waals surface area contributed by atoms with Crippen molar-refractivity contribution in [3.63, 3.8) is 0 Å².